The van der Waals surface area contributed by atoms with Crippen molar-refractivity contribution in [2.24, 2.45) is 5.73 Å². The monoisotopic (exact) mass is 516 g/mol. The van der Waals surface area contributed by atoms with Crippen molar-refractivity contribution in [3.8, 4) is 40.6 Å². The molecular weight excluding hydrogens is 488 g/mol. The molecule has 3 aromatic carbocycles. The van der Waals surface area contributed by atoms with Gasteiger partial charge in [-0.25, -0.2) is 4.79 Å². The van der Waals surface area contributed by atoms with Crippen molar-refractivity contribution in [2.75, 3.05) is 26.9 Å². The molecule has 0 bridgehead atoms. The molecule has 3 aromatic rings. The van der Waals surface area contributed by atoms with Crippen molar-refractivity contribution in [3.63, 3.8) is 0 Å². The maximum atomic E-state index is 12.5. The molecule has 1 heterocycles. The lowest BCUT2D eigenvalue weighted by atomic mass is 9.83. The number of hydrogen-bond donors (Lipinski definition) is 1. The minimum Gasteiger partial charge on any atom is -0.493 e. The predicted octanol–water partition coefficient (Wildman–Crippen LogP) is 4.70. The molecule has 1 aliphatic rings. The molecule has 0 saturated heterocycles. The highest BCUT2D eigenvalue weighted by atomic mass is 16.6. The molecule has 0 aliphatic carbocycles. The second kappa shape index (κ2) is 11.9. The minimum atomic E-state index is -0.614. The number of nitriles is 1. The SMILES string of the molecule is CCOc1ccc(C2C(C#N)=C(N)Oc3cc(OC(=O)COc4ccccc4OC)ccc32)cc1OCC. The summed E-state index contributed by atoms with van der Waals surface area (Å²) in [7, 11) is 1.52. The summed E-state index contributed by atoms with van der Waals surface area (Å²) >= 11 is 0. The van der Waals surface area contributed by atoms with E-state index in [1.807, 2.05) is 32.0 Å². The zero-order valence-electron chi connectivity index (χ0n) is 21.4. The van der Waals surface area contributed by atoms with Crippen LogP contribution in [0.25, 0.3) is 0 Å². The molecule has 1 atom stereocenters. The Kier molecular flexibility index (Phi) is 8.23. The Morgan fingerprint density at radius 3 is 2.37 bits per heavy atom. The molecule has 38 heavy (non-hydrogen) atoms. The average molecular weight is 517 g/mol. The van der Waals surface area contributed by atoms with Gasteiger partial charge in [0.1, 0.15) is 23.1 Å². The number of carbonyl (C=O) groups excluding carboxylic acids is 1. The molecule has 1 unspecified atom stereocenters. The van der Waals surface area contributed by atoms with E-state index in [0.29, 0.717) is 47.5 Å². The van der Waals surface area contributed by atoms with Gasteiger partial charge in [0, 0.05) is 11.6 Å². The molecule has 0 amide bonds. The van der Waals surface area contributed by atoms with Gasteiger partial charge in [-0.2, -0.15) is 5.26 Å². The van der Waals surface area contributed by atoms with Crippen LogP contribution in [-0.4, -0.2) is 32.9 Å². The number of carbonyl (C=O) groups is 1. The molecule has 9 nitrogen and oxygen atoms in total. The number of benzene rings is 3. The average Bonchev–Trinajstić information content (AvgIpc) is 2.92. The lowest BCUT2D eigenvalue weighted by Gasteiger charge is -2.27. The molecule has 0 saturated carbocycles. The molecule has 9 heteroatoms. The van der Waals surface area contributed by atoms with Gasteiger partial charge >= 0.3 is 5.97 Å². The normalized spacial score (nSPS) is 14.0. The van der Waals surface area contributed by atoms with Crippen molar-refractivity contribution in [3.05, 3.63) is 83.2 Å². The van der Waals surface area contributed by atoms with E-state index in [1.165, 1.54) is 7.11 Å². The maximum absolute atomic E-state index is 12.5. The van der Waals surface area contributed by atoms with Crippen molar-refractivity contribution in [1.82, 2.24) is 0 Å². The largest absolute Gasteiger partial charge is 0.493 e. The highest BCUT2D eigenvalue weighted by Crippen LogP contribution is 2.45. The number of hydrogen-bond acceptors (Lipinski definition) is 9. The summed E-state index contributed by atoms with van der Waals surface area (Å²) in [5, 5.41) is 9.88. The molecule has 0 aromatic heterocycles. The Balaban J connectivity index is 1.58. The summed E-state index contributed by atoms with van der Waals surface area (Å²) in [5.41, 5.74) is 7.86. The summed E-state index contributed by atoms with van der Waals surface area (Å²) in [4.78, 5) is 12.5. The third-order valence-electron chi connectivity index (χ3n) is 5.74. The van der Waals surface area contributed by atoms with Crippen LogP contribution in [0.5, 0.6) is 34.5 Å². The first kappa shape index (κ1) is 26.2. The number of allylic oxidation sites excluding steroid dienone is 1. The van der Waals surface area contributed by atoms with Crippen LogP contribution in [0.1, 0.15) is 30.9 Å². The number of esters is 1. The summed E-state index contributed by atoms with van der Waals surface area (Å²) in [6.45, 7) is 4.39. The van der Waals surface area contributed by atoms with Crippen molar-refractivity contribution in [2.45, 2.75) is 19.8 Å². The van der Waals surface area contributed by atoms with Gasteiger partial charge in [-0.1, -0.05) is 24.3 Å². The number of nitrogens with two attached hydrogens (primary N) is 1. The summed E-state index contributed by atoms with van der Waals surface area (Å²) in [6.07, 6.45) is 0. The number of rotatable bonds is 10. The lowest BCUT2D eigenvalue weighted by molar-refractivity contribution is -0.136. The van der Waals surface area contributed by atoms with E-state index in [1.54, 1.807) is 42.5 Å². The number of para-hydroxylation sites is 2. The maximum Gasteiger partial charge on any atom is 0.349 e. The molecule has 0 spiro atoms. The molecule has 0 fully saturated rings. The zero-order valence-corrected chi connectivity index (χ0v) is 21.4. The van der Waals surface area contributed by atoms with Gasteiger partial charge in [-0.05, 0) is 49.7 Å². The van der Waals surface area contributed by atoms with E-state index in [0.717, 1.165) is 5.56 Å². The van der Waals surface area contributed by atoms with Gasteiger partial charge in [-0.15, -0.1) is 0 Å². The molecule has 1 aliphatic heterocycles. The van der Waals surface area contributed by atoms with Crippen molar-refractivity contribution in [1.29, 1.82) is 5.26 Å². The first-order chi connectivity index (χ1) is 18.5. The standard InChI is InChI=1S/C29H28N2O7/c1-4-34-24-13-10-18(14-26(24)35-5-2)28-20-12-11-19(15-25(20)38-29(31)21(28)16-30)37-27(32)17-36-23-9-7-6-8-22(23)33-3/h6-15,28H,4-5,17,31H2,1-3H3. The molecule has 2 N–H and O–H groups in total. The quantitative estimate of drug-likeness (QED) is 0.302. The van der Waals surface area contributed by atoms with E-state index in [9.17, 15) is 10.1 Å². The first-order valence-electron chi connectivity index (χ1n) is 12.1. The van der Waals surface area contributed by atoms with Gasteiger partial charge in [0.15, 0.2) is 29.6 Å². The summed E-state index contributed by atoms with van der Waals surface area (Å²) in [6, 6.07) is 19.6. The number of nitrogens with zero attached hydrogens (tertiary/aromatic N) is 1. The third-order valence-corrected chi connectivity index (χ3v) is 5.74. The van der Waals surface area contributed by atoms with Crippen LogP contribution in [0.2, 0.25) is 0 Å². The van der Waals surface area contributed by atoms with Gasteiger partial charge in [0.25, 0.3) is 0 Å². The van der Waals surface area contributed by atoms with Crippen LogP contribution in [0.4, 0.5) is 0 Å². The molecule has 4 rings (SSSR count). The van der Waals surface area contributed by atoms with Crippen LogP contribution < -0.4 is 34.2 Å². The Hall–Kier alpha value is -4.84. The van der Waals surface area contributed by atoms with Gasteiger partial charge < -0.3 is 34.2 Å². The Morgan fingerprint density at radius 2 is 1.66 bits per heavy atom. The topological polar surface area (TPSA) is 122 Å². The fraction of sp³-hybridized carbons (Fsp3) is 0.241. The Labute approximate surface area is 220 Å². The van der Waals surface area contributed by atoms with E-state index >= 15 is 0 Å². The number of methoxy groups -OCH3 is 1. The number of ether oxygens (including phenoxy) is 6. The highest BCUT2D eigenvalue weighted by molar-refractivity contribution is 5.74. The highest BCUT2D eigenvalue weighted by Gasteiger charge is 2.32. The Morgan fingerprint density at radius 1 is 0.947 bits per heavy atom. The van der Waals surface area contributed by atoms with Gasteiger partial charge in [-0.3, -0.25) is 0 Å². The van der Waals surface area contributed by atoms with Crippen LogP contribution in [-0.2, 0) is 4.79 Å². The number of fused-ring (bicyclic) bond motifs is 1. The van der Waals surface area contributed by atoms with E-state index < -0.39 is 11.9 Å². The van der Waals surface area contributed by atoms with Gasteiger partial charge in [0.05, 0.1) is 26.2 Å². The van der Waals surface area contributed by atoms with Gasteiger partial charge in [0.2, 0.25) is 5.88 Å². The van der Waals surface area contributed by atoms with E-state index in [-0.39, 0.29) is 23.8 Å². The minimum absolute atomic E-state index is 0.0279. The predicted molar refractivity (Wildman–Crippen MR) is 139 cm³/mol. The lowest BCUT2D eigenvalue weighted by Crippen LogP contribution is -2.22. The smallest absolute Gasteiger partial charge is 0.349 e. The Bertz CT molecular complexity index is 1390. The van der Waals surface area contributed by atoms with Crippen LogP contribution in [0.3, 0.4) is 0 Å². The third kappa shape index (κ3) is 5.60. The molecule has 196 valence electrons. The van der Waals surface area contributed by atoms with Crippen LogP contribution in [0, 0.1) is 11.3 Å². The summed E-state index contributed by atoms with van der Waals surface area (Å²) < 4.78 is 33.4. The van der Waals surface area contributed by atoms with E-state index in [2.05, 4.69) is 6.07 Å². The second-order valence-electron chi connectivity index (χ2n) is 8.11. The first-order valence-corrected chi connectivity index (χ1v) is 12.1. The van der Waals surface area contributed by atoms with E-state index in [4.69, 9.17) is 34.2 Å². The van der Waals surface area contributed by atoms with Crippen molar-refractivity contribution >= 4 is 5.97 Å². The van der Waals surface area contributed by atoms with Crippen molar-refractivity contribution < 1.29 is 33.2 Å². The van der Waals surface area contributed by atoms with Crippen LogP contribution >= 0.6 is 0 Å². The zero-order chi connectivity index (χ0) is 27.1. The fourth-order valence-electron chi connectivity index (χ4n) is 4.13. The van der Waals surface area contributed by atoms with Crippen LogP contribution in [0.15, 0.2) is 72.1 Å². The second-order valence-corrected chi connectivity index (χ2v) is 8.11. The fourth-order valence-corrected chi connectivity index (χ4v) is 4.13. The molecular formula is C29H28N2O7. The molecule has 0 radical (unpaired) electrons. The summed E-state index contributed by atoms with van der Waals surface area (Å²) in [5.74, 6) is 1.56.